The lowest BCUT2D eigenvalue weighted by molar-refractivity contribution is -0.123. The highest BCUT2D eigenvalue weighted by molar-refractivity contribution is 5.92. The Kier molecular flexibility index (Phi) is 21.5. The Labute approximate surface area is 445 Å². The number of alkyl carbamates (subject to hydrolysis) is 2. The molecule has 8 aliphatic rings. The third kappa shape index (κ3) is 20.3. The maximum atomic E-state index is 12.2. The van der Waals surface area contributed by atoms with E-state index >= 15 is 0 Å². The highest BCUT2D eigenvalue weighted by Crippen LogP contribution is 2.41. The number of nitrogens with zero attached hydrogens (tertiary/aromatic N) is 3. The summed E-state index contributed by atoms with van der Waals surface area (Å²) in [6, 6.07) is 22.7. The van der Waals surface area contributed by atoms with E-state index < -0.39 is 11.2 Å². The fraction of sp³-hybridized carbons (Fsp3) is 0.694. The number of nitrogens with one attached hydrogen (secondary N) is 2. The number of hydrogen-bond donors (Lipinski definition) is 2. The van der Waals surface area contributed by atoms with E-state index in [9.17, 15) is 24.0 Å². The molecule has 10 rings (SSSR count). The lowest BCUT2D eigenvalue weighted by Crippen LogP contribution is -2.45. The summed E-state index contributed by atoms with van der Waals surface area (Å²) in [5, 5.41) is 6.30. The molecular weight excluding hydrogens is 927 g/mol. The van der Waals surface area contributed by atoms with Crippen LogP contribution >= 0.6 is 0 Å². The zero-order chi connectivity index (χ0) is 53.7. The number of Topliss-reactive ketones (excluding diaryl/α,β-unsaturated/α-hetero) is 2. The van der Waals surface area contributed by atoms with Crippen LogP contribution in [-0.4, -0.2) is 114 Å². The largest absolute Gasteiger partial charge is 0.444 e. The highest BCUT2D eigenvalue weighted by atomic mass is 16.6. The quantitative estimate of drug-likeness (QED) is 0.166. The van der Waals surface area contributed by atoms with Crippen molar-refractivity contribution in [2.75, 3.05) is 46.3 Å². The molecule has 2 aromatic carbocycles. The zero-order valence-electron chi connectivity index (χ0n) is 47.1. The zero-order valence-corrected chi connectivity index (χ0v) is 47.1. The summed E-state index contributed by atoms with van der Waals surface area (Å²) in [6.07, 6.45) is 16.0. The smallest absolute Gasteiger partial charge is 0.407 e. The van der Waals surface area contributed by atoms with Crippen molar-refractivity contribution in [3.8, 4) is 0 Å². The third-order valence-electron chi connectivity index (χ3n) is 15.9. The fourth-order valence-electron chi connectivity index (χ4n) is 10.7. The first-order valence-electron chi connectivity index (χ1n) is 28.5. The molecule has 5 unspecified atom stereocenters. The molecule has 8 fully saturated rings. The van der Waals surface area contributed by atoms with Crippen LogP contribution in [0.2, 0.25) is 0 Å². The van der Waals surface area contributed by atoms with E-state index in [1.54, 1.807) is 6.92 Å². The van der Waals surface area contributed by atoms with E-state index in [2.05, 4.69) is 113 Å². The van der Waals surface area contributed by atoms with Gasteiger partial charge in [-0.1, -0.05) is 67.2 Å². The van der Waals surface area contributed by atoms with Gasteiger partial charge in [0.05, 0.1) is 0 Å². The molecule has 3 heterocycles. The van der Waals surface area contributed by atoms with E-state index in [1.807, 2.05) is 41.5 Å². The Morgan fingerprint density at radius 2 is 0.959 bits per heavy atom. The number of rotatable bonds is 15. The third-order valence-corrected chi connectivity index (χ3v) is 15.9. The fourth-order valence-corrected chi connectivity index (χ4v) is 10.7. The lowest BCUT2D eigenvalue weighted by atomic mass is 9.95. The number of carbonyl (C=O) groups is 5. The number of likely N-dealkylation sites (tertiary alicyclic amines) is 3. The minimum atomic E-state index is -0.443. The van der Waals surface area contributed by atoms with Crippen molar-refractivity contribution < 1.29 is 33.4 Å². The molecule has 0 spiro atoms. The van der Waals surface area contributed by atoms with Gasteiger partial charge in [0, 0.05) is 67.5 Å². The number of ketones is 3. The number of carbonyl (C=O) groups excluding carboxylic acids is 5. The van der Waals surface area contributed by atoms with Gasteiger partial charge < -0.3 is 25.0 Å². The van der Waals surface area contributed by atoms with Gasteiger partial charge in [-0.3, -0.25) is 24.2 Å². The molecule has 74 heavy (non-hydrogen) atoms. The van der Waals surface area contributed by atoms with Crippen LogP contribution in [0, 0.1) is 47.3 Å². The van der Waals surface area contributed by atoms with Crippen LogP contribution in [0.5, 0.6) is 0 Å². The first-order valence-corrected chi connectivity index (χ1v) is 28.5. The average molecular weight is 1020 g/mol. The normalized spacial score (nSPS) is 24.5. The second-order valence-corrected chi connectivity index (χ2v) is 25.0. The van der Waals surface area contributed by atoms with Crippen LogP contribution in [0.3, 0.4) is 0 Å². The summed E-state index contributed by atoms with van der Waals surface area (Å²) in [6.45, 7) is 27.4. The first kappa shape index (κ1) is 58.9. The van der Waals surface area contributed by atoms with Gasteiger partial charge in [-0.25, -0.2) is 9.59 Å². The topological polar surface area (TPSA) is 138 Å². The molecule has 12 nitrogen and oxygen atoms in total. The second-order valence-electron chi connectivity index (χ2n) is 25.0. The molecular formula is C62H95N5O7. The predicted molar refractivity (Wildman–Crippen MR) is 296 cm³/mol. The Balaban J connectivity index is 0.000000163. The van der Waals surface area contributed by atoms with Crippen LogP contribution < -0.4 is 10.6 Å². The van der Waals surface area contributed by atoms with Gasteiger partial charge in [0.2, 0.25) is 0 Å². The van der Waals surface area contributed by atoms with Crippen LogP contribution in [0.1, 0.15) is 169 Å². The molecule has 7 atom stereocenters. The summed E-state index contributed by atoms with van der Waals surface area (Å²) in [5.41, 5.74) is 1.87. The van der Waals surface area contributed by atoms with Gasteiger partial charge in [0.1, 0.15) is 22.8 Å². The SMILES string of the molecule is C=CC(=O)C1CC1.CC(=O)C1CC1.CN1CCC(C(NC(=O)OC(C)(C)C)C2CC2)C1.C[C@H](c1ccccc1)N1CCC(C(=O)C2CC2)C1.C[C@H](c1ccccc1)N1CCC(C(NC(=O)OC(C)(C)C)C2CC2)C1. The Bertz CT molecular complexity index is 2120. The van der Waals surface area contributed by atoms with Crippen molar-refractivity contribution in [3.63, 3.8) is 0 Å². The van der Waals surface area contributed by atoms with Crippen LogP contribution in [0.25, 0.3) is 0 Å². The summed E-state index contributed by atoms with van der Waals surface area (Å²) in [4.78, 5) is 64.2. The van der Waals surface area contributed by atoms with Crippen molar-refractivity contribution in [2.45, 2.75) is 181 Å². The van der Waals surface area contributed by atoms with Gasteiger partial charge >= 0.3 is 12.2 Å². The van der Waals surface area contributed by atoms with Crippen LogP contribution in [0.4, 0.5) is 9.59 Å². The number of amides is 2. The van der Waals surface area contributed by atoms with Gasteiger partial charge in [-0.2, -0.15) is 0 Å². The van der Waals surface area contributed by atoms with E-state index in [0.717, 1.165) is 90.6 Å². The Hall–Kier alpha value is -4.39. The molecule has 5 aliphatic carbocycles. The summed E-state index contributed by atoms with van der Waals surface area (Å²) < 4.78 is 10.9. The number of benzene rings is 2. The predicted octanol–water partition coefficient (Wildman–Crippen LogP) is 11.8. The van der Waals surface area contributed by atoms with Crippen molar-refractivity contribution in [1.29, 1.82) is 0 Å². The van der Waals surface area contributed by atoms with E-state index in [1.165, 1.54) is 49.3 Å². The molecule has 12 heteroatoms. The molecule has 0 radical (unpaired) electrons. The summed E-state index contributed by atoms with van der Waals surface area (Å²) in [5.74, 6) is 5.10. The molecule has 410 valence electrons. The molecule has 3 saturated heterocycles. The molecule has 0 aromatic heterocycles. The van der Waals surface area contributed by atoms with Crippen LogP contribution in [-0.2, 0) is 23.9 Å². The van der Waals surface area contributed by atoms with Gasteiger partial charge in [0.15, 0.2) is 5.78 Å². The molecule has 3 aliphatic heterocycles. The van der Waals surface area contributed by atoms with Crippen molar-refractivity contribution in [3.05, 3.63) is 84.4 Å². The standard InChI is InChI=1S/C21H32N2O2.C16H21NO.C14H26N2O2.C6H8O.C5H8O/c1-15(16-8-6-5-7-9-16)23-13-12-18(14-23)19(17-10-11-17)22-20(24)25-21(2,3)4;1-12(13-5-3-2-4-6-13)17-10-9-15(11-17)16(18)14-7-8-14;1-14(2,3)18-13(17)15-12(10-5-6-10)11-7-8-16(4)9-11;1-2-6(7)5-3-4-5;1-4(6)5-2-3-5/h5-9,15,17-19H,10-14H2,1-4H3,(H,22,24);2-6,12,14-15H,7-11H2,1H3;10-12H,5-9H2,1-4H3,(H,15,17);2,5H,1,3-4H2;5H,2-3H2,1H3/t15-,18?,19?;12-,15?;;;/m11.../s1. The number of hydrogen-bond acceptors (Lipinski definition) is 10. The second kappa shape index (κ2) is 27.1. The monoisotopic (exact) mass is 1020 g/mol. The van der Waals surface area contributed by atoms with Gasteiger partial charge in [0.25, 0.3) is 0 Å². The number of ether oxygens (including phenoxy) is 2. The average Bonchev–Trinajstić information content (AvgIpc) is 4.13. The molecule has 0 bridgehead atoms. The van der Waals surface area contributed by atoms with E-state index in [4.69, 9.17) is 9.47 Å². The van der Waals surface area contributed by atoms with Gasteiger partial charge in [-0.15, -0.1) is 0 Å². The minimum Gasteiger partial charge on any atom is -0.444 e. The molecule has 5 saturated carbocycles. The molecule has 2 N–H and O–H groups in total. The Morgan fingerprint density at radius 1 is 0.541 bits per heavy atom. The minimum absolute atomic E-state index is 0.222. The van der Waals surface area contributed by atoms with Crippen molar-refractivity contribution in [2.24, 2.45) is 47.3 Å². The summed E-state index contributed by atoms with van der Waals surface area (Å²) in [7, 11) is 2.15. The van der Waals surface area contributed by atoms with Crippen molar-refractivity contribution >= 4 is 29.5 Å². The summed E-state index contributed by atoms with van der Waals surface area (Å²) >= 11 is 0. The molecule has 2 aromatic rings. The Morgan fingerprint density at radius 3 is 1.31 bits per heavy atom. The van der Waals surface area contributed by atoms with E-state index in [-0.39, 0.29) is 24.0 Å². The van der Waals surface area contributed by atoms with E-state index in [0.29, 0.717) is 77.0 Å². The lowest BCUT2D eigenvalue weighted by Gasteiger charge is -2.29. The van der Waals surface area contributed by atoms with Crippen LogP contribution in [0.15, 0.2) is 73.3 Å². The first-order chi connectivity index (χ1) is 35.1. The van der Waals surface area contributed by atoms with Gasteiger partial charge in [-0.05, 0) is 213 Å². The highest BCUT2D eigenvalue weighted by Gasteiger charge is 2.43. The maximum absolute atomic E-state index is 12.2. The number of allylic oxidation sites excluding steroid dienone is 1. The van der Waals surface area contributed by atoms with Crippen molar-refractivity contribution in [1.82, 2.24) is 25.3 Å². The molecule has 2 amide bonds. The maximum Gasteiger partial charge on any atom is 0.407 e.